The van der Waals surface area contributed by atoms with Crippen LogP contribution in [0, 0.1) is 0 Å². The van der Waals surface area contributed by atoms with Gasteiger partial charge in [0.25, 0.3) is 0 Å². The molecule has 1 aromatic rings. The molecule has 1 atom stereocenters. The Morgan fingerprint density at radius 1 is 1.33 bits per heavy atom. The summed E-state index contributed by atoms with van der Waals surface area (Å²) < 4.78 is 2.23. The molecule has 1 heterocycles. The maximum atomic E-state index is 4.86. The van der Waals surface area contributed by atoms with Gasteiger partial charge in [-0.2, -0.15) is 16.9 Å². The van der Waals surface area contributed by atoms with E-state index in [1.54, 1.807) is 0 Å². The van der Waals surface area contributed by atoms with E-state index in [0.717, 1.165) is 13.0 Å². The third-order valence-electron chi connectivity index (χ3n) is 4.27. The molecule has 1 fully saturated rings. The number of nitrogens with one attached hydrogen (secondary N) is 1. The van der Waals surface area contributed by atoms with E-state index in [4.69, 9.17) is 5.10 Å². The third kappa shape index (κ3) is 5.67. The Kier molecular flexibility index (Phi) is 7.65. The van der Waals surface area contributed by atoms with Crippen LogP contribution < -0.4 is 5.32 Å². The number of nitrogens with zero attached hydrogens (tertiary/aromatic N) is 2. The van der Waals surface area contributed by atoms with Crippen molar-refractivity contribution in [3.05, 3.63) is 18.0 Å². The number of rotatable bonds is 9. The molecule has 0 amide bonds. The lowest BCUT2D eigenvalue weighted by Gasteiger charge is -2.22. The maximum Gasteiger partial charge on any atom is 0.0640 e. The molecular formula is C17H31N3S. The van der Waals surface area contributed by atoms with Gasteiger partial charge >= 0.3 is 0 Å². The van der Waals surface area contributed by atoms with Crippen LogP contribution in [0.1, 0.15) is 64.1 Å². The van der Waals surface area contributed by atoms with Crippen LogP contribution in [0.25, 0.3) is 0 Å². The second-order valence-corrected chi connectivity index (χ2v) is 7.41. The minimum atomic E-state index is 0.560. The molecule has 1 aromatic heterocycles. The maximum absolute atomic E-state index is 4.86. The monoisotopic (exact) mass is 309 g/mol. The Labute approximate surface area is 134 Å². The second-order valence-electron chi connectivity index (χ2n) is 6.09. The molecule has 21 heavy (non-hydrogen) atoms. The van der Waals surface area contributed by atoms with E-state index in [0.29, 0.717) is 12.1 Å². The summed E-state index contributed by atoms with van der Waals surface area (Å²) in [4.78, 5) is 0. The molecule has 0 aromatic carbocycles. The van der Waals surface area contributed by atoms with Gasteiger partial charge < -0.3 is 5.32 Å². The summed E-state index contributed by atoms with van der Waals surface area (Å²) in [5.41, 5.74) is 1.26. The topological polar surface area (TPSA) is 29.9 Å². The Hall–Kier alpha value is -0.480. The van der Waals surface area contributed by atoms with Gasteiger partial charge in [-0.05, 0) is 37.6 Å². The normalized spacial score (nSPS) is 18.0. The number of hydrogen-bond acceptors (Lipinski definition) is 3. The van der Waals surface area contributed by atoms with E-state index >= 15 is 0 Å². The van der Waals surface area contributed by atoms with Gasteiger partial charge in [-0.3, -0.25) is 4.68 Å². The summed E-state index contributed by atoms with van der Waals surface area (Å²) in [5, 5.41) is 8.53. The van der Waals surface area contributed by atoms with Crippen molar-refractivity contribution >= 4 is 11.8 Å². The summed E-state index contributed by atoms with van der Waals surface area (Å²) in [7, 11) is 0. The highest BCUT2D eigenvalue weighted by molar-refractivity contribution is 7.99. The van der Waals surface area contributed by atoms with Crippen molar-refractivity contribution in [2.75, 3.05) is 18.1 Å². The molecule has 1 saturated carbocycles. The fraction of sp³-hybridized carbons (Fsp3) is 0.824. The Morgan fingerprint density at radius 2 is 2.14 bits per heavy atom. The molecule has 0 aliphatic heterocycles. The molecule has 1 unspecified atom stereocenters. The first-order valence-electron chi connectivity index (χ1n) is 8.68. The molecule has 0 spiro atoms. The molecule has 1 aliphatic rings. The van der Waals surface area contributed by atoms with Crippen molar-refractivity contribution in [1.82, 2.24) is 15.1 Å². The molecule has 2 rings (SSSR count). The average Bonchev–Trinajstić information content (AvgIpc) is 2.99. The number of aromatic nitrogens is 2. The van der Waals surface area contributed by atoms with Crippen LogP contribution in [0.3, 0.4) is 0 Å². The zero-order valence-corrected chi connectivity index (χ0v) is 14.5. The lowest BCUT2D eigenvalue weighted by molar-refractivity contribution is 0.327. The summed E-state index contributed by atoms with van der Waals surface area (Å²) in [6.45, 7) is 5.58. The molecule has 0 saturated heterocycles. The van der Waals surface area contributed by atoms with Crippen molar-refractivity contribution in [2.45, 2.75) is 70.9 Å². The molecule has 0 bridgehead atoms. The van der Waals surface area contributed by atoms with Gasteiger partial charge in [-0.1, -0.05) is 33.1 Å². The van der Waals surface area contributed by atoms with Gasteiger partial charge in [0, 0.05) is 24.4 Å². The molecule has 3 nitrogen and oxygen atoms in total. The standard InChI is InChI=1S/C17H31N3S/c1-3-11-18-16(14-21-4-2)13-15-10-12-20(19-15)17-8-6-5-7-9-17/h10,12,16-18H,3-9,11,13-14H2,1-2H3. The molecule has 120 valence electrons. The first-order chi connectivity index (χ1) is 10.3. The van der Waals surface area contributed by atoms with Crippen LogP contribution in [0.4, 0.5) is 0 Å². The highest BCUT2D eigenvalue weighted by atomic mass is 32.2. The quantitative estimate of drug-likeness (QED) is 0.746. The van der Waals surface area contributed by atoms with Crippen LogP contribution in [0.5, 0.6) is 0 Å². The highest BCUT2D eigenvalue weighted by Gasteiger charge is 2.17. The van der Waals surface area contributed by atoms with Gasteiger partial charge in [0.05, 0.1) is 11.7 Å². The van der Waals surface area contributed by atoms with Crippen molar-refractivity contribution in [3.63, 3.8) is 0 Å². The molecule has 4 heteroatoms. The Bertz CT molecular complexity index is 377. The lowest BCUT2D eigenvalue weighted by Crippen LogP contribution is -2.34. The van der Waals surface area contributed by atoms with E-state index < -0.39 is 0 Å². The SMILES string of the molecule is CCCNC(CSCC)Cc1ccn(C2CCCCC2)n1. The summed E-state index contributed by atoms with van der Waals surface area (Å²) in [5.74, 6) is 2.38. The van der Waals surface area contributed by atoms with Crippen LogP contribution >= 0.6 is 11.8 Å². The van der Waals surface area contributed by atoms with Gasteiger partial charge in [-0.25, -0.2) is 0 Å². The smallest absolute Gasteiger partial charge is 0.0640 e. The first-order valence-corrected chi connectivity index (χ1v) is 9.84. The van der Waals surface area contributed by atoms with Gasteiger partial charge in [0.1, 0.15) is 0 Å². The summed E-state index contributed by atoms with van der Waals surface area (Å²) >= 11 is 2.02. The van der Waals surface area contributed by atoms with Crippen LogP contribution in [-0.4, -0.2) is 33.9 Å². The predicted molar refractivity (Wildman–Crippen MR) is 93.1 cm³/mol. The fourth-order valence-electron chi connectivity index (χ4n) is 3.09. The zero-order chi connectivity index (χ0) is 14.9. The molecule has 1 N–H and O–H groups in total. The van der Waals surface area contributed by atoms with Crippen molar-refractivity contribution in [3.8, 4) is 0 Å². The second kappa shape index (κ2) is 9.52. The van der Waals surface area contributed by atoms with Gasteiger partial charge in [0.2, 0.25) is 0 Å². The Balaban J connectivity index is 1.88. The first kappa shape index (κ1) is 16.9. The Morgan fingerprint density at radius 3 is 2.86 bits per heavy atom. The minimum absolute atomic E-state index is 0.560. The van der Waals surface area contributed by atoms with E-state index in [1.165, 1.54) is 55.7 Å². The van der Waals surface area contributed by atoms with Gasteiger partial charge in [0.15, 0.2) is 0 Å². The predicted octanol–water partition coefficient (Wildman–Crippen LogP) is 4.05. The van der Waals surface area contributed by atoms with Crippen molar-refractivity contribution in [2.24, 2.45) is 0 Å². The third-order valence-corrected chi connectivity index (χ3v) is 5.32. The van der Waals surface area contributed by atoms with Gasteiger partial charge in [-0.15, -0.1) is 0 Å². The van der Waals surface area contributed by atoms with E-state index in [1.807, 2.05) is 11.8 Å². The summed E-state index contributed by atoms with van der Waals surface area (Å²) in [6, 6.07) is 3.44. The molecule has 1 aliphatic carbocycles. The minimum Gasteiger partial charge on any atom is -0.313 e. The summed E-state index contributed by atoms with van der Waals surface area (Å²) in [6.07, 6.45) is 11.2. The van der Waals surface area contributed by atoms with Crippen LogP contribution in [-0.2, 0) is 6.42 Å². The number of thioether (sulfide) groups is 1. The van der Waals surface area contributed by atoms with Crippen LogP contribution in [0.2, 0.25) is 0 Å². The lowest BCUT2D eigenvalue weighted by atomic mass is 9.96. The van der Waals surface area contributed by atoms with E-state index in [9.17, 15) is 0 Å². The van der Waals surface area contributed by atoms with E-state index in [2.05, 4.69) is 36.1 Å². The number of hydrogen-bond donors (Lipinski definition) is 1. The van der Waals surface area contributed by atoms with Crippen LogP contribution in [0.15, 0.2) is 12.3 Å². The van der Waals surface area contributed by atoms with E-state index in [-0.39, 0.29) is 0 Å². The van der Waals surface area contributed by atoms with Crippen molar-refractivity contribution < 1.29 is 0 Å². The largest absolute Gasteiger partial charge is 0.313 e. The van der Waals surface area contributed by atoms with Crippen molar-refractivity contribution in [1.29, 1.82) is 0 Å². The molecular weight excluding hydrogens is 278 g/mol. The highest BCUT2D eigenvalue weighted by Crippen LogP contribution is 2.27. The average molecular weight is 310 g/mol. The fourth-order valence-corrected chi connectivity index (χ4v) is 3.84. The zero-order valence-electron chi connectivity index (χ0n) is 13.7. The molecule has 0 radical (unpaired) electrons.